The van der Waals surface area contributed by atoms with Crippen LogP contribution in [0, 0.1) is 0 Å². The molecule has 1 aliphatic rings. The molecule has 1 atom stereocenters. The number of unbranched alkanes of at least 4 members (excludes halogenated alkanes) is 1. The summed E-state index contributed by atoms with van der Waals surface area (Å²) in [6.07, 6.45) is 6.18. The van der Waals surface area contributed by atoms with E-state index >= 15 is 0 Å². The molecular weight excluding hydrogens is 224 g/mol. The van der Waals surface area contributed by atoms with Gasteiger partial charge in [-0.1, -0.05) is 0 Å². The summed E-state index contributed by atoms with van der Waals surface area (Å²) in [5, 5.41) is 3.68. The van der Waals surface area contributed by atoms with E-state index in [2.05, 4.69) is 26.1 Å². The summed E-state index contributed by atoms with van der Waals surface area (Å²) in [6.45, 7) is 7.68. The Hall–Kier alpha value is 0.0499. The van der Waals surface area contributed by atoms with Crippen LogP contribution in [0.1, 0.15) is 46.0 Å². The molecular formula is C13H23B2NS. The second-order valence-corrected chi connectivity index (χ2v) is 5.63. The van der Waals surface area contributed by atoms with Gasteiger partial charge in [0.25, 0.3) is 0 Å². The Morgan fingerprint density at radius 1 is 1.47 bits per heavy atom. The van der Waals surface area contributed by atoms with E-state index < -0.39 is 0 Å². The minimum atomic E-state index is 0.550. The molecule has 0 spiro atoms. The van der Waals surface area contributed by atoms with Crippen LogP contribution in [0.15, 0.2) is 10.4 Å². The van der Waals surface area contributed by atoms with Crippen LogP contribution in [0.2, 0.25) is 0 Å². The van der Waals surface area contributed by atoms with Crippen LogP contribution < -0.4 is 5.32 Å². The molecule has 1 heterocycles. The molecule has 2 radical (unpaired) electrons. The third-order valence-electron chi connectivity index (χ3n) is 3.05. The van der Waals surface area contributed by atoms with Gasteiger partial charge >= 0.3 is 112 Å². The fraction of sp³-hybridized carbons (Fsp3) is 0.769. The molecule has 1 rings (SSSR count). The molecule has 92 valence electrons. The molecule has 0 saturated carbocycles. The van der Waals surface area contributed by atoms with Crippen LogP contribution in [-0.4, -0.2) is 39.0 Å². The van der Waals surface area contributed by atoms with Gasteiger partial charge in [0.1, 0.15) is 0 Å². The molecule has 0 aromatic heterocycles. The van der Waals surface area contributed by atoms with Gasteiger partial charge < -0.3 is 0 Å². The number of allylic oxidation sites excluding steroid dienone is 1. The Kier molecular flexibility index (Phi) is 8.04. The summed E-state index contributed by atoms with van der Waals surface area (Å²) < 4.78 is 0. The summed E-state index contributed by atoms with van der Waals surface area (Å²) in [7, 11) is 5.53. The van der Waals surface area contributed by atoms with Crippen LogP contribution in [0.5, 0.6) is 0 Å². The number of rotatable bonds is 8. The van der Waals surface area contributed by atoms with E-state index in [0.29, 0.717) is 6.04 Å². The Morgan fingerprint density at radius 2 is 2.29 bits per heavy atom. The van der Waals surface area contributed by atoms with Gasteiger partial charge in [0, 0.05) is 0 Å². The fourth-order valence-electron chi connectivity index (χ4n) is 2.15. The van der Waals surface area contributed by atoms with Crippen LogP contribution in [0.3, 0.4) is 0 Å². The van der Waals surface area contributed by atoms with Crippen LogP contribution >= 0.6 is 11.8 Å². The zero-order valence-corrected chi connectivity index (χ0v) is 12.0. The fourth-order valence-corrected chi connectivity index (χ4v) is 3.45. The summed E-state index contributed by atoms with van der Waals surface area (Å²) in [6, 6.07) is 0.550. The van der Waals surface area contributed by atoms with E-state index in [-0.39, 0.29) is 0 Å². The van der Waals surface area contributed by atoms with Crippen molar-refractivity contribution in [2.24, 2.45) is 0 Å². The van der Waals surface area contributed by atoms with Crippen LogP contribution in [0.25, 0.3) is 0 Å². The van der Waals surface area contributed by atoms with E-state index in [4.69, 9.17) is 7.85 Å². The van der Waals surface area contributed by atoms with Crippen LogP contribution in [0.4, 0.5) is 0 Å². The minimum absolute atomic E-state index is 0.550. The van der Waals surface area contributed by atoms with Gasteiger partial charge in [-0.3, -0.25) is 0 Å². The number of thioether (sulfide) groups is 1. The summed E-state index contributed by atoms with van der Waals surface area (Å²) in [4.78, 5) is 1.54. The van der Waals surface area contributed by atoms with Crippen molar-refractivity contribution in [1.82, 2.24) is 5.32 Å². The number of nitrogens with one attached hydrogen (secondary N) is 1. The van der Waals surface area contributed by atoms with Gasteiger partial charge in [-0.05, 0) is 0 Å². The predicted octanol–water partition coefficient (Wildman–Crippen LogP) is 2.53. The molecule has 1 N–H and O–H groups in total. The van der Waals surface area contributed by atoms with Gasteiger partial charge in [-0.2, -0.15) is 0 Å². The SMILES string of the molecule is [B]C=BC1=C(C(CCCC)NCCC)SCC1. The molecule has 17 heavy (non-hydrogen) atoms. The molecule has 0 aliphatic carbocycles. The molecule has 0 saturated heterocycles. The molecule has 0 aromatic rings. The van der Waals surface area contributed by atoms with Crippen molar-refractivity contribution >= 4 is 32.4 Å². The molecule has 0 fully saturated rings. The number of hydrogen-bond acceptors (Lipinski definition) is 2. The van der Waals surface area contributed by atoms with Crippen molar-refractivity contribution in [3.8, 4) is 0 Å². The first-order valence-electron chi connectivity index (χ1n) is 6.81. The zero-order valence-electron chi connectivity index (χ0n) is 11.2. The normalized spacial score (nSPS) is 17.8. The van der Waals surface area contributed by atoms with Crippen molar-refractivity contribution in [3.05, 3.63) is 10.4 Å². The Balaban J connectivity index is 2.68. The first-order valence-corrected chi connectivity index (χ1v) is 7.79. The standard InChI is InChI=1S/C13H23B2NS/c1-3-5-6-12(16-8-4-2)13-11(15-10-14)7-9-17-13/h10,12,16H,3-9H2,1-2H3. The van der Waals surface area contributed by atoms with Crippen LogP contribution in [-0.2, 0) is 0 Å². The molecule has 0 amide bonds. The summed E-state index contributed by atoms with van der Waals surface area (Å²) in [5.74, 6) is 2.89. The maximum atomic E-state index is 5.53. The van der Waals surface area contributed by atoms with Crippen molar-refractivity contribution in [1.29, 1.82) is 0 Å². The van der Waals surface area contributed by atoms with Crippen molar-refractivity contribution in [2.75, 3.05) is 12.3 Å². The summed E-state index contributed by atoms with van der Waals surface area (Å²) >= 11 is 2.01. The molecule has 1 aliphatic heterocycles. The van der Waals surface area contributed by atoms with E-state index in [1.807, 2.05) is 11.8 Å². The molecule has 4 heteroatoms. The average molecular weight is 247 g/mol. The zero-order chi connectivity index (χ0) is 12.5. The van der Waals surface area contributed by atoms with Gasteiger partial charge in [0.2, 0.25) is 0 Å². The van der Waals surface area contributed by atoms with Crippen molar-refractivity contribution < 1.29 is 0 Å². The predicted molar refractivity (Wildman–Crippen MR) is 83.3 cm³/mol. The van der Waals surface area contributed by atoms with Gasteiger partial charge in [0.05, 0.1) is 0 Å². The Labute approximate surface area is 113 Å². The molecule has 1 nitrogen and oxygen atoms in total. The van der Waals surface area contributed by atoms with Crippen molar-refractivity contribution in [2.45, 2.75) is 52.0 Å². The Bertz CT molecular complexity index is 269. The first-order chi connectivity index (χ1) is 8.33. The number of hydrogen-bond donors (Lipinski definition) is 1. The third kappa shape index (κ3) is 5.05. The molecule has 0 aromatic carbocycles. The average Bonchev–Trinajstić information content (AvgIpc) is 2.78. The maximum absolute atomic E-state index is 5.53. The first kappa shape index (κ1) is 15.1. The summed E-state index contributed by atoms with van der Waals surface area (Å²) in [5.41, 5.74) is 1.45. The second kappa shape index (κ2) is 9.04. The molecule has 0 bridgehead atoms. The van der Waals surface area contributed by atoms with Gasteiger partial charge in [0.15, 0.2) is 0 Å². The third-order valence-corrected chi connectivity index (χ3v) is 4.31. The van der Waals surface area contributed by atoms with Gasteiger partial charge in [-0.25, -0.2) is 0 Å². The topological polar surface area (TPSA) is 12.0 Å². The van der Waals surface area contributed by atoms with E-state index in [0.717, 1.165) is 6.54 Å². The van der Waals surface area contributed by atoms with E-state index in [9.17, 15) is 0 Å². The molecule has 1 unspecified atom stereocenters. The quantitative estimate of drug-likeness (QED) is 0.661. The van der Waals surface area contributed by atoms with E-state index in [1.54, 1.807) is 5.87 Å². The van der Waals surface area contributed by atoms with Crippen molar-refractivity contribution in [3.63, 3.8) is 0 Å². The van der Waals surface area contributed by atoms with E-state index in [1.165, 1.54) is 48.2 Å². The van der Waals surface area contributed by atoms with Gasteiger partial charge in [-0.15, -0.1) is 0 Å². The Morgan fingerprint density at radius 3 is 2.94 bits per heavy atom. The monoisotopic (exact) mass is 247 g/mol. The second-order valence-electron chi connectivity index (χ2n) is 4.50.